The van der Waals surface area contributed by atoms with Gasteiger partial charge in [0.25, 0.3) is 0 Å². The zero-order valence-electron chi connectivity index (χ0n) is 18.1. The van der Waals surface area contributed by atoms with Gasteiger partial charge in [0.1, 0.15) is 0 Å². The van der Waals surface area contributed by atoms with Crippen molar-refractivity contribution >= 4 is 28.6 Å². The van der Waals surface area contributed by atoms with Crippen molar-refractivity contribution in [1.82, 2.24) is 20.3 Å². The summed E-state index contributed by atoms with van der Waals surface area (Å²) in [4.78, 5) is 16.1. The largest absolute Gasteiger partial charge is 0.355 e. The molecule has 6 nitrogen and oxygen atoms in total. The summed E-state index contributed by atoms with van der Waals surface area (Å²) in [6, 6.07) is 6.71. The van der Waals surface area contributed by atoms with Crippen molar-refractivity contribution in [2.24, 2.45) is 5.92 Å². The number of nitrogens with one attached hydrogen (secondary N) is 1. The van der Waals surface area contributed by atoms with E-state index in [-0.39, 0.29) is 6.03 Å². The zero-order chi connectivity index (χ0) is 21.1. The molecule has 2 aromatic rings. The quantitative estimate of drug-likeness (QED) is 0.731. The highest BCUT2D eigenvalue weighted by atomic mass is 35.5. The van der Waals surface area contributed by atoms with Crippen LogP contribution in [0.5, 0.6) is 0 Å². The van der Waals surface area contributed by atoms with Crippen LogP contribution in [-0.4, -0.2) is 60.8 Å². The topological polar surface area (TPSA) is 61.6 Å². The van der Waals surface area contributed by atoms with E-state index >= 15 is 0 Å². The molecule has 1 aliphatic carbocycles. The molecule has 1 saturated heterocycles. The van der Waals surface area contributed by atoms with Gasteiger partial charge in [-0.2, -0.15) is 0 Å². The van der Waals surface area contributed by atoms with Gasteiger partial charge in [0.15, 0.2) is 10.7 Å². The predicted molar refractivity (Wildman–Crippen MR) is 120 cm³/mol. The number of piperidine rings is 1. The van der Waals surface area contributed by atoms with Gasteiger partial charge in [0, 0.05) is 20.1 Å². The molecule has 1 aromatic heterocycles. The van der Waals surface area contributed by atoms with Gasteiger partial charge in [0.2, 0.25) is 0 Å². The normalized spacial score (nSPS) is 23.6. The monoisotopic (exact) mass is 432 g/mol. The lowest BCUT2D eigenvalue weighted by molar-refractivity contribution is 0.179. The van der Waals surface area contributed by atoms with Gasteiger partial charge >= 0.3 is 6.03 Å². The van der Waals surface area contributed by atoms with E-state index in [9.17, 15) is 4.79 Å². The van der Waals surface area contributed by atoms with E-state index < -0.39 is 0 Å². The number of hydrogen-bond donors (Lipinski definition) is 1. The Morgan fingerprint density at radius 2 is 1.93 bits per heavy atom. The van der Waals surface area contributed by atoms with Crippen LogP contribution in [0.15, 0.2) is 22.7 Å². The third-order valence-electron chi connectivity index (χ3n) is 6.95. The minimum Gasteiger partial charge on any atom is -0.355 e. The molecule has 2 amide bonds. The van der Waals surface area contributed by atoms with Crippen LogP contribution in [0.4, 0.5) is 4.79 Å². The molecular formula is C23H33ClN4O2. The molecule has 1 aromatic carbocycles. The van der Waals surface area contributed by atoms with Crippen molar-refractivity contribution in [1.29, 1.82) is 0 Å². The standard InChI is InChI=1S/C23H33ClN4O2/c1-27(2)23(29)25-19-6-3-16(4-7-19)9-12-28-13-10-17(11-14-28)18-5-8-20-21(15-18)30-26-22(20)24/h5,8,15-17,19H,3-4,6-7,9-14H2,1-2H3,(H,25,29). The van der Waals surface area contributed by atoms with Crippen LogP contribution in [0.3, 0.4) is 0 Å². The number of hydrogen-bond acceptors (Lipinski definition) is 4. The molecule has 164 valence electrons. The van der Waals surface area contributed by atoms with Crippen LogP contribution in [0.2, 0.25) is 5.15 Å². The van der Waals surface area contributed by atoms with Crippen molar-refractivity contribution in [2.45, 2.75) is 56.9 Å². The first-order chi connectivity index (χ1) is 14.5. The third-order valence-corrected chi connectivity index (χ3v) is 7.22. The van der Waals surface area contributed by atoms with Gasteiger partial charge in [-0.25, -0.2) is 4.79 Å². The highest BCUT2D eigenvalue weighted by Crippen LogP contribution is 2.33. The van der Waals surface area contributed by atoms with Crippen LogP contribution < -0.4 is 5.32 Å². The van der Waals surface area contributed by atoms with E-state index in [4.69, 9.17) is 16.1 Å². The fourth-order valence-electron chi connectivity index (χ4n) is 4.93. The maximum absolute atomic E-state index is 11.8. The highest BCUT2D eigenvalue weighted by molar-refractivity contribution is 6.34. The molecule has 1 aliphatic heterocycles. The van der Waals surface area contributed by atoms with E-state index in [0.29, 0.717) is 17.1 Å². The molecule has 2 heterocycles. The van der Waals surface area contributed by atoms with Crippen LogP contribution in [0.1, 0.15) is 56.4 Å². The smallest absolute Gasteiger partial charge is 0.317 e. The SMILES string of the molecule is CN(C)C(=O)NC1CCC(CCN2CCC(c3ccc4c(Cl)noc4c3)CC2)CC1. The number of fused-ring (bicyclic) bond motifs is 1. The van der Waals surface area contributed by atoms with Gasteiger partial charge in [0.05, 0.1) is 5.39 Å². The lowest BCUT2D eigenvalue weighted by atomic mass is 9.83. The number of aromatic nitrogens is 1. The second-order valence-electron chi connectivity index (χ2n) is 9.20. The molecule has 0 atom stereocenters. The average Bonchev–Trinajstić information content (AvgIpc) is 3.13. The van der Waals surface area contributed by atoms with E-state index in [1.54, 1.807) is 19.0 Å². The van der Waals surface area contributed by atoms with Gasteiger partial charge in [-0.1, -0.05) is 22.8 Å². The van der Waals surface area contributed by atoms with Gasteiger partial charge < -0.3 is 19.6 Å². The lowest BCUT2D eigenvalue weighted by Crippen LogP contribution is -2.43. The number of benzene rings is 1. The summed E-state index contributed by atoms with van der Waals surface area (Å²) in [5.41, 5.74) is 2.13. The van der Waals surface area contributed by atoms with Crippen molar-refractivity contribution in [3.8, 4) is 0 Å². The minimum atomic E-state index is 0.0341. The summed E-state index contributed by atoms with van der Waals surface area (Å²) in [6.07, 6.45) is 8.35. The Labute approximate surface area is 183 Å². The molecule has 30 heavy (non-hydrogen) atoms. The number of carbonyl (C=O) groups is 1. The summed E-state index contributed by atoms with van der Waals surface area (Å²) < 4.78 is 5.33. The number of carbonyl (C=O) groups excluding carboxylic acids is 1. The second-order valence-corrected chi connectivity index (χ2v) is 9.55. The highest BCUT2D eigenvalue weighted by Gasteiger charge is 2.25. The zero-order valence-corrected chi connectivity index (χ0v) is 18.8. The molecule has 1 N–H and O–H groups in total. The van der Waals surface area contributed by atoms with Crippen molar-refractivity contribution < 1.29 is 9.32 Å². The summed E-state index contributed by atoms with van der Waals surface area (Å²) >= 11 is 6.04. The maximum atomic E-state index is 11.8. The van der Waals surface area contributed by atoms with Gasteiger partial charge in [-0.05, 0) is 94.1 Å². The molecule has 0 unspecified atom stereocenters. The number of halogens is 1. The first-order valence-corrected chi connectivity index (χ1v) is 11.6. The number of amides is 2. The summed E-state index contributed by atoms with van der Waals surface area (Å²) in [6.45, 7) is 3.52. The molecule has 7 heteroatoms. The summed E-state index contributed by atoms with van der Waals surface area (Å²) in [5.74, 6) is 1.39. The van der Waals surface area contributed by atoms with Gasteiger partial charge in [-0.3, -0.25) is 0 Å². The Morgan fingerprint density at radius 1 is 1.20 bits per heavy atom. The van der Waals surface area contributed by atoms with Gasteiger partial charge in [-0.15, -0.1) is 0 Å². The molecule has 2 aliphatic rings. The van der Waals surface area contributed by atoms with Crippen LogP contribution in [0, 0.1) is 5.92 Å². The average molecular weight is 433 g/mol. The van der Waals surface area contributed by atoms with Crippen molar-refractivity contribution in [3.63, 3.8) is 0 Å². The molecule has 4 rings (SSSR count). The fourth-order valence-corrected chi connectivity index (χ4v) is 5.12. The van der Waals surface area contributed by atoms with Crippen LogP contribution in [-0.2, 0) is 0 Å². The Morgan fingerprint density at radius 3 is 2.63 bits per heavy atom. The Hall–Kier alpha value is -1.79. The molecule has 1 saturated carbocycles. The molecule has 0 spiro atoms. The number of likely N-dealkylation sites (tertiary alicyclic amines) is 1. The molecule has 0 bridgehead atoms. The van der Waals surface area contributed by atoms with E-state index in [2.05, 4.69) is 27.5 Å². The molecule has 0 radical (unpaired) electrons. The van der Waals surface area contributed by atoms with E-state index in [0.717, 1.165) is 42.8 Å². The maximum Gasteiger partial charge on any atom is 0.317 e. The first kappa shape index (κ1) is 21.4. The Bertz CT molecular complexity index is 852. The number of rotatable bonds is 5. The molecular weight excluding hydrogens is 400 g/mol. The Kier molecular flexibility index (Phi) is 6.84. The lowest BCUT2D eigenvalue weighted by Gasteiger charge is -2.34. The van der Waals surface area contributed by atoms with Crippen LogP contribution in [0.25, 0.3) is 11.0 Å². The second kappa shape index (κ2) is 9.56. The van der Waals surface area contributed by atoms with Crippen molar-refractivity contribution in [2.75, 3.05) is 33.7 Å². The van der Waals surface area contributed by atoms with E-state index in [1.807, 2.05) is 6.07 Å². The Balaban J connectivity index is 1.18. The fraction of sp³-hybridized carbons (Fsp3) is 0.652. The summed E-state index contributed by atoms with van der Waals surface area (Å²) in [5, 5.41) is 8.33. The number of nitrogens with zero attached hydrogens (tertiary/aromatic N) is 3. The molecule has 2 fully saturated rings. The first-order valence-electron chi connectivity index (χ1n) is 11.2. The minimum absolute atomic E-state index is 0.0341. The summed E-state index contributed by atoms with van der Waals surface area (Å²) in [7, 11) is 3.60. The number of urea groups is 1. The van der Waals surface area contributed by atoms with E-state index in [1.165, 1.54) is 44.2 Å². The van der Waals surface area contributed by atoms with Crippen molar-refractivity contribution in [3.05, 3.63) is 28.9 Å². The van der Waals surface area contributed by atoms with Crippen LogP contribution >= 0.6 is 11.6 Å². The third kappa shape index (κ3) is 5.09. The predicted octanol–water partition coefficient (Wildman–Crippen LogP) is 4.88.